The Bertz CT molecular complexity index is 944. The second-order valence-electron chi connectivity index (χ2n) is 4.79. The van der Waals surface area contributed by atoms with E-state index in [-0.39, 0.29) is 18.3 Å². The number of nitrogens with zero attached hydrogens (tertiary/aromatic N) is 3. The lowest BCUT2D eigenvalue weighted by Crippen LogP contribution is -2.09. The van der Waals surface area contributed by atoms with Crippen molar-refractivity contribution < 1.29 is 14.3 Å². The molecule has 3 aromatic heterocycles. The number of fused-ring (bicyclic) bond motifs is 1. The van der Waals surface area contributed by atoms with Crippen LogP contribution in [0.4, 0.5) is 5.13 Å². The van der Waals surface area contributed by atoms with E-state index in [0.29, 0.717) is 28.3 Å². The molecule has 0 aliphatic heterocycles. The van der Waals surface area contributed by atoms with Crippen molar-refractivity contribution in [3.8, 4) is 0 Å². The minimum absolute atomic E-state index is 0.0810. The molecule has 0 saturated carbocycles. The zero-order valence-electron chi connectivity index (χ0n) is 13.1. The van der Waals surface area contributed by atoms with Gasteiger partial charge in [0.15, 0.2) is 15.2 Å². The zero-order chi connectivity index (χ0) is 17.8. The lowest BCUT2D eigenvalue weighted by Gasteiger charge is -1.98. The molecule has 0 fully saturated rings. The number of anilines is 1. The third-order valence-electron chi connectivity index (χ3n) is 3.06. The Labute approximate surface area is 155 Å². The number of ether oxygens (including phenoxy) is 1. The highest BCUT2D eigenvalue weighted by molar-refractivity contribution is 7.15. The minimum Gasteiger partial charge on any atom is -0.466 e. The number of halogens is 1. The number of carbonyl (C=O) groups is 2. The first kappa shape index (κ1) is 17.6. The summed E-state index contributed by atoms with van der Waals surface area (Å²) in [6, 6.07) is 0. The molecule has 0 aliphatic rings. The summed E-state index contributed by atoms with van der Waals surface area (Å²) < 4.78 is 6.67. The van der Waals surface area contributed by atoms with Crippen LogP contribution < -0.4 is 5.32 Å². The number of hydrogen-bond acceptors (Lipinski definition) is 7. The minimum atomic E-state index is -0.349. The highest BCUT2D eigenvalue weighted by atomic mass is 35.5. The third-order valence-corrected chi connectivity index (χ3v) is 4.90. The SMILES string of the molecule is CCOC(=O)Cc1csc(NC(=O)/C=C/c2c(Cl)nc3sccn23)n1. The number of rotatable bonds is 6. The number of imidazole rings is 1. The van der Waals surface area contributed by atoms with Crippen LogP contribution in [-0.2, 0) is 20.7 Å². The van der Waals surface area contributed by atoms with Crippen molar-refractivity contribution in [3.05, 3.63) is 39.6 Å². The van der Waals surface area contributed by atoms with E-state index >= 15 is 0 Å². The third kappa shape index (κ3) is 4.25. The van der Waals surface area contributed by atoms with Crippen LogP contribution in [-0.4, -0.2) is 32.9 Å². The first-order chi connectivity index (χ1) is 12.1. The van der Waals surface area contributed by atoms with Crippen molar-refractivity contribution in [2.24, 2.45) is 0 Å². The van der Waals surface area contributed by atoms with Crippen LogP contribution in [0, 0.1) is 0 Å². The fourth-order valence-electron chi connectivity index (χ4n) is 2.03. The molecular weight excluding hydrogens is 384 g/mol. The molecule has 0 atom stereocenters. The zero-order valence-corrected chi connectivity index (χ0v) is 15.5. The first-order valence-electron chi connectivity index (χ1n) is 7.27. The number of amides is 1. The summed E-state index contributed by atoms with van der Waals surface area (Å²) in [5.74, 6) is -0.695. The number of hydrogen-bond donors (Lipinski definition) is 1. The summed E-state index contributed by atoms with van der Waals surface area (Å²) >= 11 is 8.77. The number of carbonyl (C=O) groups excluding carboxylic acids is 2. The molecule has 3 rings (SSSR count). The van der Waals surface area contributed by atoms with Crippen molar-refractivity contribution >= 4 is 62.3 Å². The van der Waals surface area contributed by atoms with Gasteiger partial charge in [0, 0.05) is 23.0 Å². The van der Waals surface area contributed by atoms with Gasteiger partial charge in [-0.1, -0.05) is 11.6 Å². The van der Waals surface area contributed by atoms with Gasteiger partial charge in [0.1, 0.15) is 0 Å². The maximum absolute atomic E-state index is 12.0. The molecule has 3 heterocycles. The Morgan fingerprint density at radius 2 is 2.24 bits per heavy atom. The van der Waals surface area contributed by atoms with Crippen LogP contribution in [0.2, 0.25) is 5.15 Å². The van der Waals surface area contributed by atoms with Gasteiger partial charge in [-0.2, -0.15) is 0 Å². The molecule has 0 aliphatic carbocycles. The summed E-state index contributed by atoms with van der Waals surface area (Å²) in [7, 11) is 0. The number of thiazole rings is 2. The van der Waals surface area contributed by atoms with Crippen LogP contribution in [0.25, 0.3) is 11.0 Å². The number of nitrogens with one attached hydrogen (secondary N) is 1. The second-order valence-corrected chi connectivity index (χ2v) is 6.88. The highest BCUT2D eigenvalue weighted by Crippen LogP contribution is 2.22. The Kier molecular flexibility index (Phi) is 5.47. The Hall–Kier alpha value is -2.23. The van der Waals surface area contributed by atoms with Gasteiger partial charge < -0.3 is 4.74 Å². The van der Waals surface area contributed by atoms with Crippen molar-refractivity contribution in [2.45, 2.75) is 13.3 Å². The van der Waals surface area contributed by atoms with E-state index in [0.717, 1.165) is 4.96 Å². The van der Waals surface area contributed by atoms with E-state index in [2.05, 4.69) is 15.3 Å². The monoisotopic (exact) mass is 396 g/mol. The first-order valence-corrected chi connectivity index (χ1v) is 9.40. The van der Waals surface area contributed by atoms with E-state index < -0.39 is 0 Å². The number of aromatic nitrogens is 3. The lowest BCUT2D eigenvalue weighted by atomic mass is 10.3. The van der Waals surface area contributed by atoms with Gasteiger partial charge in [0.05, 0.1) is 24.4 Å². The summed E-state index contributed by atoms with van der Waals surface area (Å²) in [4.78, 5) is 32.6. The maximum Gasteiger partial charge on any atom is 0.311 e. The van der Waals surface area contributed by atoms with E-state index in [1.807, 2.05) is 11.6 Å². The van der Waals surface area contributed by atoms with Crippen LogP contribution >= 0.6 is 34.3 Å². The van der Waals surface area contributed by atoms with Gasteiger partial charge in [-0.05, 0) is 13.0 Å². The van der Waals surface area contributed by atoms with Crippen molar-refractivity contribution in [1.82, 2.24) is 14.4 Å². The summed E-state index contributed by atoms with van der Waals surface area (Å²) in [5.41, 5.74) is 1.19. The van der Waals surface area contributed by atoms with E-state index in [9.17, 15) is 9.59 Å². The van der Waals surface area contributed by atoms with E-state index in [1.54, 1.807) is 22.8 Å². The molecule has 0 bridgehead atoms. The molecule has 10 heteroatoms. The largest absolute Gasteiger partial charge is 0.466 e. The predicted molar refractivity (Wildman–Crippen MR) is 98.2 cm³/mol. The van der Waals surface area contributed by atoms with Gasteiger partial charge in [-0.3, -0.25) is 19.3 Å². The van der Waals surface area contributed by atoms with Gasteiger partial charge in [0.2, 0.25) is 5.91 Å². The molecule has 3 aromatic rings. The molecule has 0 saturated heterocycles. The van der Waals surface area contributed by atoms with Crippen LogP contribution in [0.15, 0.2) is 23.0 Å². The molecule has 7 nitrogen and oxygen atoms in total. The molecule has 130 valence electrons. The van der Waals surface area contributed by atoms with Crippen molar-refractivity contribution in [2.75, 3.05) is 11.9 Å². The predicted octanol–water partition coefficient (Wildman–Crippen LogP) is 3.26. The van der Waals surface area contributed by atoms with Gasteiger partial charge in [-0.25, -0.2) is 9.97 Å². The van der Waals surface area contributed by atoms with Crippen LogP contribution in [0.1, 0.15) is 18.3 Å². The number of esters is 1. The molecule has 0 aromatic carbocycles. The standard InChI is InChI=1S/C15H13ClN4O3S2/c1-2-23-12(22)7-9-8-25-14(17-9)18-11(21)4-3-10-13(16)19-15-20(10)5-6-24-15/h3-6,8H,2,7H2,1H3,(H,17,18,21)/b4-3+. The van der Waals surface area contributed by atoms with Crippen molar-refractivity contribution in [1.29, 1.82) is 0 Å². The molecule has 1 amide bonds. The molecule has 0 unspecified atom stereocenters. The average molecular weight is 397 g/mol. The summed E-state index contributed by atoms with van der Waals surface area (Å²) in [6.07, 6.45) is 4.87. The smallest absolute Gasteiger partial charge is 0.311 e. The molecule has 0 radical (unpaired) electrons. The average Bonchev–Trinajstić information content (AvgIpc) is 3.23. The summed E-state index contributed by atoms with van der Waals surface area (Å²) in [5, 5.41) is 6.99. The maximum atomic E-state index is 12.0. The normalized spacial score (nSPS) is 11.3. The van der Waals surface area contributed by atoms with E-state index in [4.69, 9.17) is 16.3 Å². The topological polar surface area (TPSA) is 85.6 Å². The van der Waals surface area contributed by atoms with Crippen LogP contribution in [0.3, 0.4) is 0 Å². The highest BCUT2D eigenvalue weighted by Gasteiger charge is 2.11. The summed E-state index contributed by atoms with van der Waals surface area (Å²) in [6.45, 7) is 2.07. The molecule has 0 spiro atoms. The Balaban J connectivity index is 1.63. The fourth-order valence-corrected chi connectivity index (χ4v) is 3.75. The van der Waals surface area contributed by atoms with Gasteiger partial charge in [-0.15, -0.1) is 22.7 Å². The van der Waals surface area contributed by atoms with Crippen LogP contribution in [0.5, 0.6) is 0 Å². The van der Waals surface area contributed by atoms with Gasteiger partial charge in [0.25, 0.3) is 0 Å². The molecular formula is C15H13ClN4O3S2. The second kappa shape index (κ2) is 7.77. The molecule has 1 N–H and O–H groups in total. The molecule has 25 heavy (non-hydrogen) atoms. The Morgan fingerprint density at radius 3 is 3.04 bits per heavy atom. The quantitative estimate of drug-likeness (QED) is 0.510. The Morgan fingerprint density at radius 1 is 1.40 bits per heavy atom. The van der Waals surface area contributed by atoms with Gasteiger partial charge >= 0.3 is 5.97 Å². The van der Waals surface area contributed by atoms with E-state index in [1.165, 1.54) is 28.7 Å². The fraction of sp³-hybridized carbons (Fsp3) is 0.200. The van der Waals surface area contributed by atoms with Crippen molar-refractivity contribution in [3.63, 3.8) is 0 Å². The lowest BCUT2D eigenvalue weighted by molar-refractivity contribution is -0.142.